The lowest BCUT2D eigenvalue weighted by Gasteiger charge is -2.27. The molecule has 5 rings (SSSR count). The molecule has 1 aromatic heterocycles. The van der Waals surface area contributed by atoms with Crippen LogP contribution < -0.4 is 0 Å². The second-order valence-electron chi connectivity index (χ2n) is 8.24. The van der Waals surface area contributed by atoms with Crippen LogP contribution in [0.2, 0.25) is 0 Å². The Morgan fingerprint density at radius 1 is 1.08 bits per heavy atom. The van der Waals surface area contributed by atoms with Crippen LogP contribution in [0.4, 0.5) is 0 Å². The number of ether oxygens (including phenoxy) is 1. The minimum Gasteiger partial charge on any atom is -0.373 e. The van der Waals surface area contributed by atoms with Gasteiger partial charge in [-0.15, -0.1) is 11.3 Å². The molecule has 134 valence electrons. The molecule has 3 unspecified atom stereocenters. The lowest BCUT2D eigenvalue weighted by molar-refractivity contribution is -0.118. The van der Waals surface area contributed by atoms with Crippen LogP contribution >= 0.6 is 11.3 Å². The molecule has 2 aliphatic heterocycles. The van der Waals surface area contributed by atoms with Gasteiger partial charge in [0.2, 0.25) is 0 Å². The van der Waals surface area contributed by atoms with E-state index in [0.717, 1.165) is 12.0 Å². The smallest absolute Gasteiger partial charge is 0.169 e. The number of aryl methyl sites for hydroxylation is 3. The summed E-state index contributed by atoms with van der Waals surface area (Å²) in [5, 5.41) is 2.14. The number of Topliss-reactive ketones (excluding diaryl/α,β-unsaturated/α-hetero) is 1. The molecule has 2 bridgehead atoms. The third kappa shape index (κ3) is 2.10. The first-order valence-corrected chi connectivity index (χ1v) is 10.4. The van der Waals surface area contributed by atoms with Crippen LogP contribution in [0.3, 0.4) is 0 Å². The van der Waals surface area contributed by atoms with E-state index >= 15 is 0 Å². The van der Waals surface area contributed by atoms with Crippen molar-refractivity contribution < 1.29 is 9.53 Å². The zero-order valence-corrected chi connectivity index (χ0v) is 16.5. The van der Waals surface area contributed by atoms with E-state index < -0.39 is 0 Å². The van der Waals surface area contributed by atoms with Crippen LogP contribution in [0, 0.1) is 32.6 Å². The molecule has 0 radical (unpaired) electrons. The van der Waals surface area contributed by atoms with Gasteiger partial charge in [0.1, 0.15) is 0 Å². The number of rotatable bonds is 2. The maximum atomic E-state index is 13.4. The molecule has 2 fully saturated rings. The Bertz CT molecular complexity index is 914. The van der Waals surface area contributed by atoms with Crippen LogP contribution in [-0.2, 0) is 9.53 Å². The maximum Gasteiger partial charge on any atom is 0.169 e. The number of hydrogen-bond donors (Lipinski definition) is 0. The van der Waals surface area contributed by atoms with Gasteiger partial charge in [-0.3, -0.25) is 4.79 Å². The third-order valence-electron chi connectivity index (χ3n) is 6.64. The van der Waals surface area contributed by atoms with Crippen molar-refractivity contribution in [1.82, 2.24) is 0 Å². The average Bonchev–Trinajstić information content (AvgIpc) is 3.33. The number of carbonyl (C=O) groups is 1. The van der Waals surface area contributed by atoms with Crippen molar-refractivity contribution in [3.63, 3.8) is 0 Å². The SMILES string of the molecule is CC1=C(c2c(C)cc(C)cc2C)C(=O)[C@H]2C3CC(c4cccs4)C(O3)[C@@H]12. The minimum atomic E-state index is 0.0336. The van der Waals surface area contributed by atoms with Gasteiger partial charge in [-0.2, -0.15) is 0 Å². The zero-order chi connectivity index (χ0) is 18.2. The van der Waals surface area contributed by atoms with E-state index in [1.165, 1.54) is 32.7 Å². The lowest BCUT2D eigenvalue weighted by Crippen LogP contribution is -2.33. The molecule has 0 amide bonds. The summed E-state index contributed by atoms with van der Waals surface area (Å²) < 4.78 is 6.33. The molecular weight excluding hydrogens is 340 g/mol. The monoisotopic (exact) mass is 364 g/mol. The topological polar surface area (TPSA) is 26.3 Å². The predicted molar refractivity (Wildman–Crippen MR) is 106 cm³/mol. The number of allylic oxidation sites excluding steroid dienone is 1. The van der Waals surface area contributed by atoms with E-state index in [0.29, 0.717) is 11.7 Å². The molecule has 3 heterocycles. The van der Waals surface area contributed by atoms with Crippen molar-refractivity contribution in [3.8, 4) is 0 Å². The van der Waals surface area contributed by atoms with E-state index in [1.54, 1.807) is 0 Å². The van der Waals surface area contributed by atoms with Crippen molar-refractivity contribution in [2.45, 2.75) is 52.2 Å². The first-order chi connectivity index (χ1) is 12.5. The van der Waals surface area contributed by atoms with Crippen molar-refractivity contribution in [2.24, 2.45) is 11.8 Å². The highest BCUT2D eigenvalue weighted by Crippen LogP contribution is 2.59. The third-order valence-corrected chi connectivity index (χ3v) is 7.64. The van der Waals surface area contributed by atoms with Gasteiger partial charge in [0.25, 0.3) is 0 Å². The second-order valence-corrected chi connectivity index (χ2v) is 9.22. The van der Waals surface area contributed by atoms with E-state index in [4.69, 9.17) is 4.74 Å². The summed E-state index contributed by atoms with van der Waals surface area (Å²) in [6.07, 6.45) is 1.24. The number of fused-ring (bicyclic) bond motifs is 5. The summed E-state index contributed by atoms with van der Waals surface area (Å²) >= 11 is 1.82. The zero-order valence-electron chi connectivity index (χ0n) is 15.7. The summed E-state index contributed by atoms with van der Waals surface area (Å²) in [6, 6.07) is 8.74. The van der Waals surface area contributed by atoms with Gasteiger partial charge in [0.05, 0.1) is 18.1 Å². The molecular formula is C23H24O2S. The van der Waals surface area contributed by atoms with Crippen LogP contribution in [0.5, 0.6) is 0 Å². The summed E-state index contributed by atoms with van der Waals surface area (Å²) in [4.78, 5) is 14.8. The molecule has 2 nitrogen and oxygen atoms in total. The van der Waals surface area contributed by atoms with Gasteiger partial charge in [-0.25, -0.2) is 0 Å². The molecule has 2 saturated heterocycles. The fourth-order valence-corrected chi connectivity index (χ4v) is 6.67. The number of hydrogen-bond acceptors (Lipinski definition) is 3. The molecule has 26 heavy (non-hydrogen) atoms. The highest BCUT2D eigenvalue weighted by Gasteiger charge is 2.61. The van der Waals surface area contributed by atoms with Crippen LogP contribution in [0.25, 0.3) is 5.57 Å². The Kier molecular flexibility index (Phi) is 3.57. The van der Waals surface area contributed by atoms with Gasteiger partial charge in [0.15, 0.2) is 5.78 Å². The number of benzene rings is 1. The van der Waals surface area contributed by atoms with E-state index in [1.807, 2.05) is 11.3 Å². The Morgan fingerprint density at radius 2 is 1.81 bits per heavy atom. The maximum absolute atomic E-state index is 13.4. The Morgan fingerprint density at radius 3 is 2.46 bits per heavy atom. The van der Waals surface area contributed by atoms with Gasteiger partial charge in [-0.1, -0.05) is 29.3 Å². The van der Waals surface area contributed by atoms with E-state index in [2.05, 4.69) is 57.3 Å². The highest BCUT2D eigenvalue weighted by atomic mass is 32.1. The summed E-state index contributed by atoms with van der Waals surface area (Å²) in [5.41, 5.74) is 7.10. The second kappa shape index (κ2) is 5.64. The molecule has 3 heteroatoms. The molecule has 2 aromatic rings. The number of thiophene rings is 1. The van der Waals surface area contributed by atoms with Gasteiger partial charge in [-0.05, 0) is 62.3 Å². The Balaban J connectivity index is 1.60. The predicted octanol–water partition coefficient (Wildman–Crippen LogP) is 5.22. The van der Waals surface area contributed by atoms with Crippen molar-refractivity contribution >= 4 is 22.7 Å². The molecule has 0 spiro atoms. The molecule has 0 saturated carbocycles. The Hall–Kier alpha value is -1.71. The summed E-state index contributed by atoms with van der Waals surface area (Å²) in [5.74, 6) is 1.05. The fraction of sp³-hybridized carbons (Fsp3) is 0.435. The van der Waals surface area contributed by atoms with E-state index in [-0.39, 0.29) is 24.0 Å². The quantitative estimate of drug-likeness (QED) is 0.730. The fourth-order valence-electron chi connectivity index (χ4n) is 5.79. The van der Waals surface area contributed by atoms with Crippen LogP contribution in [0.15, 0.2) is 35.2 Å². The first kappa shape index (κ1) is 16.5. The molecule has 5 atom stereocenters. The number of ketones is 1. The average molecular weight is 365 g/mol. The van der Waals surface area contributed by atoms with Gasteiger partial charge in [0, 0.05) is 22.3 Å². The molecule has 3 aliphatic rings. The highest BCUT2D eigenvalue weighted by molar-refractivity contribution is 7.10. The molecule has 1 aromatic carbocycles. The van der Waals surface area contributed by atoms with Gasteiger partial charge >= 0.3 is 0 Å². The van der Waals surface area contributed by atoms with Gasteiger partial charge < -0.3 is 4.74 Å². The Labute approximate surface area is 158 Å². The van der Waals surface area contributed by atoms with E-state index in [9.17, 15) is 4.79 Å². The summed E-state index contributed by atoms with van der Waals surface area (Å²) in [7, 11) is 0. The largest absolute Gasteiger partial charge is 0.373 e. The normalized spacial score (nSPS) is 32.6. The standard InChI is InChI=1S/C23H24O2S/c1-11-8-12(2)18(13(3)9-11)19-14(4)20-21(22(19)24)16-10-15(23(20)25-16)17-6-5-7-26-17/h5-9,15-16,20-21,23H,10H2,1-4H3/t15?,16?,20-,21-,23?/m0/s1. The molecule has 0 N–H and O–H groups in total. The first-order valence-electron chi connectivity index (χ1n) is 9.49. The van der Waals surface area contributed by atoms with Crippen molar-refractivity contribution in [2.75, 3.05) is 0 Å². The molecule has 1 aliphatic carbocycles. The summed E-state index contributed by atoms with van der Waals surface area (Å²) in [6.45, 7) is 8.56. The van der Waals surface area contributed by atoms with Crippen LogP contribution in [-0.4, -0.2) is 18.0 Å². The van der Waals surface area contributed by atoms with Crippen molar-refractivity contribution in [1.29, 1.82) is 0 Å². The van der Waals surface area contributed by atoms with Crippen molar-refractivity contribution in [3.05, 3.63) is 62.3 Å². The lowest BCUT2D eigenvalue weighted by atomic mass is 9.73. The van der Waals surface area contributed by atoms with Crippen LogP contribution in [0.1, 0.15) is 46.4 Å². The number of carbonyl (C=O) groups excluding carboxylic acids is 1. The minimum absolute atomic E-state index is 0.0336.